The molecule has 0 saturated carbocycles. The molecular formula is C17H20BrNO2. The van der Waals surface area contributed by atoms with E-state index < -0.39 is 6.10 Å². The lowest BCUT2D eigenvalue weighted by Gasteiger charge is -2.17. The fourth-order valence-corrected chi connectivity index (χ4v) is 2.51. The Morgan fingerprint density at radius 3 is 2.62 bits per heavy atom. The molecule has 0 radical (unpaired) electrons. The van der Waals surface area contributed by atoms with Crippen LogP contribution in [-0.2, 0) is 0 Å². The molecule has 2 aromatic carbocycles. The lowest BCUT2D eigenvalue weighted by atomic mass is 10.0. The van der Waals surface area contributed by atoms with Crippen LogP contribution in [0.15, 0.2) is 46.9 Å². The highest BCUT2D eigenvalue weighted by Crippen LogP contribution is 2.30. The van der Waals surface area contributed by atoms with Gasteiger partial charge < -0.3 is 15.6 Å². The van der Waals surface area contributed by atoms with E-state index in [9.17, 15) is 5.11 Å². The number of benzene rings is 2. The average Bonchev–Trinajstić information content (AvgIpc) is 2.45. The monoisotopic (exact) mass is 349 g/mol. The molecule has 1 unspecified atom stereocenters. The Morgan fingerprint density at radius 2 is 1.95 bits per heavy atom. The van der Waals surface area contributed by atoms with Crippen molar-refractivity contribution >= 4 is 21.6 Å². The van der Waals surface area contributed by atoms with Crippen molar-refractivity contribution < 1.29 is 9.84 Å². The number of nitrogens with two attached hydrogens (primary N) is 1. The largest absolute Gasteiger partial charge is 0.490 e. The van der Waals surface area contributed by atoms with E-state index >= 15 is 0 Å². The van der Waals surface area contributed by atoms with Crippen LogP contribution in [0.1, 0.15) is 37.0 Å². The van der Waals surface area contributed by atoms with Crippen molar-refractivity contribution in [2.24, 2.45) is 0 Å². The van der Waals surface area contributed by atoms with Gasteiger partial charge in [-0.05, 0) is 47.4 Å². The summed E-state index contributed by atoms with van der Waals surface area (Å²) in [6, 6.07) is 13.1. The molecule has 0 amide bonds. The number of aliphatic hydroxyl groups is 1. The summed E-state index contributed by atoms with van der Waals surface area (Å²) < 4.78 is 6.82. The molecule has 0 aliphatic heterocycles. The summed E-state index contributed by atoms with van der Waals surface area (Å²) in [6.45, 7) is 4.43. The maximum absolute atomic E-state index is 10.2. The normalized spacial score (nSPS) is 12.4. The first-order valence-corrected chi connectivity index (χ1v) is 7.72. The van der Waals surface area contributed by atoms with E-state index in [1.165, 1.54) is 0 Å². The Labute approximate surface area is 133 Å². The third-order valence-corrected chi connectivity index (χ3v) is 3.78. The summed E-state index contributed by atoms with van der Waals surface area (Å²) in [6.07, 6.45) is -0.697. The van der Waals surface area contributed by atoms with Gasteiger partial charge >= 0.3 is 0 Å². The van der Waals surface area contributed by atoms with Crippen LogP contribution in [0.2, 0.25) is 0 Å². The highest BCUT2D eigenvalue weighted by molar-refractivity contribution is 9.10. The van der Waals surface area contributed by atoms with Gasteiger partial charge in [0, 0.05) is 10.2 Å². The Kier molecular flexibility index (Phi) is 5.26. The predicted octanol–water partition coefficient (Wildman–Crippen LogP) is 4.27. The molecule has 0 aromatic heterocycles. The first-order chi connectivity index (χ1) is 9.97. The number of anilines is 1. The molecule has 0 aliphatic carbocycles. The van der Waals surface area contributed by atoms with Crippen molar-refractivity contribution in [2.75, 3.05) is 12.3 Å². The van der Waals surface area contributed by atoms with E-state index in [-0.39, 0.29) is 6.61 Å². The first kappa shape index (κ1) is 15.9. The number of rotatable bonds is 5. The first-order valence-electron chi connectivity index (χ1n) is 6.93. The zero-order valence-electron chi connectivity index (χ0n) is 12.2. The van der Waals surface area contributed by atoms with Gasteiger partial charge in [0.05, 0.1) is 0 Å². The highest BCUT2D eigenvalue weighted by Gasteiger charge is 2.12. The van der Waals surface area contributed by atoms with Crippen LogP contribution in [0.5, 0.6) is 5.75 Å². The van der Waals surface area contributed by atoms with Crippen LogP contribution in [0.4, 0.5) is 5.69 Å². The third kappa shape index (κ3) is 4.22. The predicted molar refractivity (Wildman–Crippen MR) is 89.5 cm³/mol. The molecule has 0 bridgehead atoms. The number of nitrogen functional groups attached to an aromatic ring is 1. The maximum Gasteiger partial charge on any atom is 0.122 e. The van der Waals surface area contributed by atoms with Crippen LogP contribution in [0, 0.1) is 0 Å². The summed E-state index contributed by atoms with van der Waals surface area (Å²) in [7, 11) is 0. The molecule has 4 heteroatoms. The topological polar surface area (TPSA) is 55.5 Å². The minimum Gasteiger partial charge on any atom is -0.490 e. The number of aliphatic hydroxyl groups excluding tert-OH is 1. The molecule has 0 aliphatic rings. The molecule has 112 valence electrons. The fraction of sp³-hybridized carbons (Fsp3) is 0.294. The molecule has 0 saturated heterocycles. The van der Waals surface area contributed by atoms with Crippen molar-refractivity contribution in [1.82, 2.24) is 0 Å². The average molecular weight is 350 g/mol. The smallest absolute Gasteiger partial charge is 0.122 e. The van der Waals surface area contributed by atoms with Crippen molar-refractivity contribution in [3.63, 3.8) is 0 Å². The van der Waals surface area contributed by atoms with Gasteiger partial charge in [-0.15, -0.1) is 0 Å². The number of ether oxygens (including phenoxy) is 1. The van der Waals surface area contributed by atoms with Crippen LogP contribution < -0.4 is 10.5 Å². The van der Waals surface area contributed by atoms with Gasteiger partial charge in [-0.2, -0.15) is 0 Å². The van der Waals surface area contributed by atoms with E-state index in [1.54, 1.807) is 12.1 Å². The molecule has 3 N–H and O–H groups in total. The zero-order valence-corrected chi connectivity index (χ0v) is 13.8. The molecule has 1 atom stereocenters. The van der Waals surface area contributed by atoms with Crippen molar-refractivity contribution in [3.8, 4) is 5.75 Å². The molecule has 0 spiro atoms. The van der Waals surface area contributed by atoms with Gasteiger partial charge in [0.1, 0.15) is 18.5 Å². The van der Waals surface area contributed by atoms with Gasteiger partial charge in [0.2, 0.25) is 0 Å². The van der Waals surface area contributed by atoms with Crippen LogP contribution in [0.25, 0.3) is 0 Å². The second kappa shape index (κ2) is 6.96. The molecule has 21 heavy (non-hydrogen) atoms. The minimum absolute atomic E-state index is 0.199. The summed E-state index contributed by atoms with van der Waals surface area (Å²) in [5.74, 6) is 1.15. The second-order valence-corrected chi connectivity index (χ2v) is 6.25. The van der Waals surface area contributed by atoms with Gasteiger partial charge in [0.15, 0.2) is 0 Å². The lowest BCUT2D eigenvalue weighted by molar-refractivity contribution is 0.107. The summed E-state index contributed by atoms with van der Waals surface area (Å²) >= 11 is 3.47. The van der Waals surface area contributed by atoms with Crippen molar-refractivity contribution in [2.45, 2.75) is 25.9 Å². The number of hydrogen-bond donors (Lipinski definition) is 2. The Bertz CT molecular complexity index is 613. The van der Waals surface area contributed by atoms with Gasteiger partial charge in [0.25, 0.3) is 0 Å². The maximum atomic E-state index is 10.2. The van der Waals surface area contributed by atoms with E-state index in [1.807, 2.05) is 30.3 Å². The fourth-order valence-electron chi connectivity index (χ4n) is 2.13. The summed E-state index contributed by atoms with van der Waals surface area (Å²) in [5, 5.41) is 10.2. The highest BCUT2D eigenvalue weighted by atomic mass is 79.9. The van der Waals surface area contributed by atoms with Gasteiger partial charge in [-0.3, -0.25) is 0 Å². The van der Waals surface area contributed by atoms with Crippen LogP contribution in [0.3, 0.4) is 0 Å². The molecule has 0 fully saturated rings. The van der Waals surface area contributed by atoms with E-state index in [2.05, 4.69) is 29.8 Å². The van der Waals surface area contributed by atoms with Crippen molar-refractivity contribution in [3.05, 3.63) is 58.1 Å². The molecule has 3 nitrogen and oxygen atoms in total. The lowest BCUT2D eigenvalue weighted by Crippen LogP contribution is -2.11. The number of halogens is 1. The SMILES string of the molecule is CC(C)c1cc(Br)ccc1OCC(O)c1cccc(N)c1. The minimum atomic E-state index is -0.697. The van der Waals surface area contributed by atoms with Gasteiger partial charge in [-0.25, -0.2) is 0 Å². The Hall–Kier alpha value is -1.52. The van der Waals surface area contributed by atoms with Crippen LogP contribution in [-0.4, -0.2) is 11.7 Å². The van der Waals surface area contributed by atoms with E-state index in [0.29, 0.717) is 11.6 Å². The van der Waals surface area contributed by atoms with E-state index in [4.69, 9.17) is 10.5 Å². The van der Waals surface area contributed by atoms with E-state index in [0.717, 1.165) is 21.3 Å². The second-order valence-electron chi connectivity index (χ2n) is 5.33. The Balaban J connectivity index is 2.09. The molecule has 0 heterocycles. The van der Waals surface area contributed by atoms with Crippen molar-refractivity contribution in [1.29, 1.82) is 0 Å². The quantitative estimate of drug-likeness (QED) is 0.792. The third-order valence-electron chi connectivity index (χ3n) is 3.29. The zero-order chi connectivity index (χ0) is 15.4. The standard InChI is InChI=1S/C17H20BrNO2/c1-11(2)15-9-13(18)6-7-17(15)21-10-16(20)12-4-3-5-14(19)8-12/h3-9,11,16,20H,10,19H2,1-2H3. The van der Waals surface area contributed by atoms with Gasteiger partial charge in [-0.1, -0.05) is 41.9 Å². The molecule has 2 rings (SSSR count). The molecular weight excluding hydrogens is 330 g/mol. The Morgan fingerprint density at radius 1 is 1.19 bits per heavy atom. The molecule has 2 aromatic rings. The van der Waals surface area contributed by atoms with Crippen LogP contribution >= 0.6 is 15.9 Å². The summed E-state index contributed by atoms with van der Waals surface area (Å²) in [5.41, 5.74) is 8.24. The summed E-state index contributed by atoms with van der Waals surface area (Å²) in [4.78, 5) is 0. The number of hydrogen-bond acceptors (Lipinski definition) is 3.